The Morgan fingerprint density at radius 1 is 1.25 bits per heavy atom. The molecular weight excluding hydrogens is 358 g/mol. The highest BCUT2D eigenvalue weighted by Gasteiger charge is 2.33. The lowest BCUT2D eigenvalue weighted by molar-refractivity contribution is 0.0696. The van der Waals surface area contributed by atoms with Crippen LogP contribution in [0.3, 0.4) is 0 Å². The molecule has 8 heteroatoms. The van der Waals surface area contributed by atoms with Crippen LogP contribution in [0.1, 0.15) is 29.0 Å². The molecule has 1 aromatic carbocycles. The minimum absolute atomic E-state index is 0.0274. The molecule has 1 fully saturated rings. The van der Waals surface area contributed by atoms with Crippen LogP contribution in [0.25, 0.3) is 5.69 Å². The number of aromatic carboxylic acids is 1. The summed E-state index contributed by atoms with van der Waals surface area (Å²) in [5.74, 6) is 0.147. The van der Waals surface area contributed by atoms with Crippen molar-refractivity contribution in [3.05, 3.63) is 66.5 Å². The van der Waals surface area contributed by atoms with Crippen molar-refractivity contribution in [3.8, 4) is 5.69 Å². The van der Waals surface area contributed by atoms with Gasteiger partial charge in [0, 0.05) is 36.9 Å². The van der Waals surface area contributed by atoms with Gasteiger partial charge in [0.2, 0.25) is 0 Å². The van der Waals surface area contributed by atoms with Crippen molar-refractivity contribution >= 4 is 5.97 Å². The van der Waals surface area contributed by atoms with Crippen molar-refractivity contribution in [3.63, 3.8) is 0 Å². The summed E-state index contributed by atoms with van der Waals surface area (Å²) >= 11 is 0. The van der Waals surface area contributed by atoms with E-state index in [0.717, 1.165) is 17.9 Å². The van der Waals surface area contributed by atoms with Crippen LogP contribution in [0.4, 0.5) is 0 Å². The molecule has 3 atom stereocenters. The number of imidazole rings is 1. The monoisotopic (exact) mass is 381 g/mol. The van der Waals surface area contributed by atoms with E-state index in [2.05, 4.69) is 15.4 Å². The summed E-state index contributed by atoms with van der Waals surface area (Å²) in [5, 5.41) is 27.0. The minimum atomic E-state index is -0.980. The summed E-state index contributed by atoms with van der Waals surface area (Å²) in [4.78, 5) is 15.4. The van der Waals surface area contributed by atoms with Crippen molar-refractivity contribution in [2.24, 2.45) is 5.92 Å². The van der Waals surface area contributed by atoms with Gasteiger partial charge in [-0.2, -0.15) is 5.10 Å². The number of carboxylic acids is 1. The molecule has 1 saturated carbocycles. The number of aliphatic hydroxyl groups is 1. The molecule has 0 radical (unpaired) electrons. The van der Waals surface area contributed by atoms with E-state index in [0.29, 0.717) is 19.5 Å². The molecule has 8 nitrogen and oxygen atoms in total. The first-order chi connectivity index (χ1) is 13.6. The van der Waals surface area contributed by atoms with Crippen LogP contribution in [-0.4, -0.2) is 47.7 Å². The predicted molar refractivity (Wildman–Crippen MR) is 102 cm³/mol. The molecule has 0 amide bonds. The number of para-hydroxylation sites is 1. The number of hydrogen-bond donors (Lipinski definition) is 3. The average Bonchev–Trinajstić information content (AvgIpc) is 3.41. The molecule has 28 heavy (non-hydrogen) atoms. The highest BCUT2D eigenvalue weighted by Crippen LogP contribution is 2.28. The summed E-state index contributed by atoms with van der Waals surface area (Å²) in [6.07, 6.45) is 7.61. The zero-order valence-corrected chi connectivity index (χ0v) is 15.3. The third-order valence-electron chi connectivity index (χ3n) is 5.23. The van der Waals surface area contributed by atoms with Crippen molar-refractivity contribution in [2.45, 2.75) is 38.1 Å². The van der Waals surface area contributed by atoms with Gasteiger partial charge >= 0.3 is 5.97 Å². The van der Waals surface area contributed by atoms with Crippen molar-refractivity contribution in [1.82, 2.24) is 24.6 Å². The molecular formula is C20H23N5O3. The molecule has 1 aliphatic rings. The van der Waals surface area contributed by atoms with E-state index in [1.165, 1.54) is 12.4 Å². The van der Waals surface area contributed by atoms with Crippen LogP contribution in [-0.2, 0) is 13.1 Å². The van der Waals surface area contributed by atoms with E-state index < -0.39 is 12.1 Å². The number of aromatic nitrogens is 4. The van der Waals surface area contributed by atoms with Gasteiger partial charge in [0.1, 0.15) is 5.82 Å². The first-order valence-electron chi connectivity index (χ1n) is 9.35. The van der Waals surface area contributed by atoms with Crippen LogP contribution in [0.15, 0.2) is 55.1 Å². The van der Waals surface area contributed by atoms with Crippen LogP contribution in [0.5, 0.6) is 0 Å². The molecule has 3 aromatic rings. The standard InChI is InChI=1S/C20H23N5O3/c26-18-9-14(12-24-13-15(10-23-24)20(27)28)8-17(18)22-11-19-21-6-7-25(19)16-4-2-1-3-5-16/h1-7,10,13-14,17-18,22,26H,8-9,11-12H2,(H,27,28)/t14?,17-,18-/m1/s1. The second-order valence-electron chi connectivity index (χ2n) is 7.20. The average molecular weight is 381 g/mol. The summed E-state index contributed by atoms with van der Waals surface area (Å²) in [6.45, 7) is 1.16. The maximum absolute atomic E-state index is 11.0. The number of benzene rings is 1. The van der Waals surface area contributed by atoms with Crippen LogP contribution < -0.4 is 5.32 Å². The lowest BCUT2D eigenvalue weighted by atomic mass is 10.1. The second kappa shape index (κ2) is 7.95. The summed E-state index contributed by atoms with van der Waals surface area (Å²) < 4.78 is 3.67. The van der Waals surface area contributed by atoms with Crippen LogP contribution >= 0.6 is 0 Å². The first-order valence-corrected chi connectivity index (χ1v) is 9.35. The molecule has 0 spiro atoms. The maximum atomic E-state index is 11.0. The minimum Gasteiger partial charge on any atom is -0.478 e. The zero-order valence-electron chi connectivity index (χ0n) is 15.3. The Morgan fingerprint density at radius 2 is 2.07 bits per heavy atom. The Labute approximate surface area is 162 Å². The number of carbonyl (C=O) groups is 1. The Morgan fingerprint density at radius 3 is 2.82 bits per heavy atom. The van der Waals surface area contributed by atoms with Gasteiger partial charge in [-0.05, 0) is 30.9 Å². The molecule has 1 unspecified atom stereocenters. The summed E-state index contributed by atoms with van der Waals surface area (Å²) in [7, 11) is 0. The molecule has 2 aromatic heterocycles. The fraction of sp³-hybridized carbons (Fsp3) is 0.350. The predicted octanol–water partition coefficient (Wildman–Crippen LogP) is 1.70. The molecule has 0 bridgehead atoms. The summed E-state index contributed by atoms with van der Waals surface area (Å²) in [6, 6.07) is 9.99. The second-order valence-corrected chi connectivity index (χ2v) is 7.20. The Hall–Kier alpha value is -2.97. The highest BCUT2D eigenvalue weighted by molar-refractivity contribution is 5.86. The lowest BCUT2D eigenvalue weighted by Crippen LogP contribution is -2.35. The lowest BCUT2D eigenvalue weighted by Gasteiger charge is -2.17. The zero-order chi connectivity index (χ0) is 19.5. The molecule has 2 heterocycles. The van der Waals surface area contributed by atoms with Gasteiger partial charge in [-0.25, -0.2) is 9.78 Å². The van der Waals surface area contributed by atoms with E-state index in [1.807, 2.05) is 41.1 Å². The molecule has 4 rings (SSSR count). The van der Waals surface area contributed by atoms with E-state index in [4.69, 9.17) is 5.11 Å². The highest BCUT2D eigenvalue weighted by atomic mass is 16.4. The van der Waals surface area contributed by atoms with Crippen molar-refractivity contribution in [2.75, 3.05) is 0 Å². The molecule has 1 aliphatic carbocycles. The molecule has 146 valence electrons. The molecule has 3 N–H and O–H groups in total. The van der Waals surface area contributed by atoms with Gasteiger partial charge < -0.3 is 20.1 Å². The van der Waals surface area contributed by atoms with E-state index in [9.17, 15) is 9.90 Å². The fourth-order valence-electron chi connectivity index (χ4n) is 3.84. The number of nitrogens with zero attached hydrogens (tertiary/aromatic N) is 4. The smallest absolute Gasteiger partial charge is 0.338 e. The quantitative estimate of drug-likeness (QED) is 0.575. The van der Waals surface area contributed by atoms with Gasteiger partial charge in [-0.3, -0.25) is 4.68 Å². The Kier molecular flexibility index (Phi) is 5.23. The Bertz CT molecular complexity index is 936. The van der Waals surface area contributed by atoms with Gasteiger partial charge in [0.05, 0.1) is 24.4 Å². The SMILES string of the molecule is O=C(O)c1cnn(CC2C[C@@H](O)[C@H](NCc3nccn3-c3ccccc3)C2)c1. The van der Waals surface area contributed by atoms with E-state index in [1.54, 1.807) is 10.9 Å². The van der Waals surface area contributed by atoms with Crippen molar-refractivity contribution in [1.29, 1.82) is 0 Å². The number of aliphatic hydroxyl groups excluding tert-OH is 1. The number of nitrogens with one attached hydrogen (secondary N) is 1. The van der Waals surface area contributed by atoms with E-state index in [-0.39, 0.29) is 17.5 Å². The third-order valence-corrected chi connectivity index (χ3v) is 5.23. The number of carboxylic acid groups (broad SMARTS) is 1. The fourth-order valence-corrected chi connectivity index (χ4v) is 3.84. The van der Waals surface area contributed by atoms with Gasteiger partial charge in [-0.15, -0.1) is 0 Å². The third kappa shape index (κ3) is 3.97. The molecule has 0 aliphatic heterocycles. The summed E-state index contributed by atoms with van der Waals surface area (Å²) in [5.41, 5.74) is 1.23. The largest absolute Gasteiger partial charge is 0.478 e. The van der Waals surface area contributed by atoms with E-state index >= 15 is 0 Å². The van der Waals surface area contributed by atoms with Gasteiger partial charge in [0.25, 0.3) is 0 Å². The van der Waals surface area contributed by atoms with Crippen LogP contribution in [0, 0.1) is 5.92 Å². The Balaban J connectivity index is 1.35. The van der Waals surface area contributed by atoms with Crippen LogP contribution in [0.2, 0.25) is 0 Å². The van der Waals surface area contributed by atoms with Gasteiger partial charge in [0.15, 0.2) is 0 Å². The maximum Gasteiger partial charge on any atom is 0.338 e. The van der Waals surface area contributed by atoms with Crippen molar-refractivity contribution < 1.29 is 15.0 Å². The normalized spacial score (nSPS) is 21.8. The van der Waals surface area contributed by atoms with Gasteiger partial charge in [-0.1, -0.05) is 18.2 Å². The molecule has 0 saturated heterocycles. The first kappa shape index (κ1) is 18.4. The number of rotatable bonds is 7. The number of hydrogen-bond acceptors (Lipinski definition) is 5. The topological polar surface area (TPSA) is 105 Å².